The zero-order chi connectivity index (χ0) is 26.1. The van der Waals surface area contributed by atoms with Crippen LogP contribution < -0.4 is 14.9 Å². The highest BCUT2D eigenvalue weighted by molar-refractivity contribution is 6.30. The van der Waals surface area contributed by atoms with E-state index in [0.29, 0.717) is 45.6 Å². The van der Waals surface area contributed by atoms with E-state index >= 15 is 0 Å². The Hall–Kier alpha value is -3.77. The third-order valence-electron chi connectivity index (χ3n) is 6.60. The molecule has 190 valence electrons. The maximum atomic E-state index is 13.7. The van der Waals surface area contributed by atoms with E-state index in [0.717, 1.165) is 17.5 Å². The van der Waals surface area contributed by atoms with Gasteiger partial charge in [-0.05, 0) is 59.9 Å². The highest BCUT2D eigenvalue weighted by Crippen LogP contribution is 2.41. The third kappa shape index (κ3) is 4.81. The number of para-hydroxylation sites is 1. The van der Waals surface area contributed by atoms with Crippen molar-refractivity contribution in [2.75, 3.05) is 13.7 Å². The number of nitrogens with zero attached hydrogens (tertiary/aromatic N) is 1. The minimum Gasteiger partial charge on any atom is -0.493 e. The summed E-state index contributed by atoms with van der Waals surface area (Å²) in [5.74, 6) is 1.40. The third-order valence-corrected chi connectivity index (χ3v) is 6.85. The van der Waals surface area contributed by atoms with Gasteiger partial charge in [-0.2, -0.15) is 0 Å². The molecule has 6 nitrogen and oxygen atoms in total. The van der Waals surface area contributed by atoms with Gasteiger partial charge in [-0.3, -0.25) is 9.59 Å². The number of hydrogen-bond acceptors (Lipinski definition) is 5. The van der Waals surface area contributed by atoms with Gasteiger partial charge in [0.15, 0.2) is 16.9 Å². The Bertz CT molecular complexity index is 1510. The SMILES string of the molecule is COc1cc(C2c3c(oc4ccccc4c3=O)C(=O)N2Cc2ccc(Cl)cc2)ccc1OCCC(C)C. The van der Waals surface area contributed by atoms with Crippen molar-refractivity contribution >= 4 is 28.5 Å². The monoisotopic (exact) mass is 517 g/mol. The number of ether oxygens (including phenoxy) is 2. The molecule has 37 heavy (non-hydrogen) atoms. The summed E-state index contributed by atoms with van der Waals surface area (Å²) in [7, 11) is 1.58. The molecule has 1 aliphatic rings. The number of fused-ring (bicyclic) bond motifs is 2. The summed E-state index contributed by atoms with van der Waals surface area (Å²) in [5.41, 5.74) is 2.11. The van der Waals surface area contributed by atoms with Crippen LogP contribution in [0, 0.1) is 5.92 Å². The standard InChI is InChI=1S/C30H28ClNO5/c1-18(2)14-15-36-24-13-10-20(16-25(24)35-3)27-26-28(33)22-6-4-5-7-23(22)37-29(26)30(34)32(27)17-19-8-11-21(31)12-9-19/h4-13,16,18,27H,14-15,17H2,1-3H3. The summed E-state index contributed by atoms with van der Waals surface area (Å²) in [4.78, 5) is 29.1. The maximum Gasteiger partial charge on any atom is 0.291 e. The highest BCUT2D eigenvalue weighted by Gasteiger charge is 2.43. The Labute approximate surface area is 220 Å². The summed E-state index contributed by atoms with van der Waals surface area (Å²) < 4.78 is 17.6. The number of methoxy groups -OCH3 is 1. The van der Waals surface area contributed by atoms with Crippen molar-refractivity contribution in [3.05, 3.63) is 104 Å². The van der Waals surface area contributed by atoms with Gasteiger partial charge in [0, 0.05) is 11.6 Å². The second-order valence-corrected chi connectivity index (χ2v) is 10.0. The molecule has 1 unspecified atom stereocenters. The molecular weight excluding hydrogens is 490 g/mol. The van der Waals surface area contributed by atoms with Crippen LogP contribution in [0.2, 0.25) is 5.02 Å². The van der Waals surface area contributed by atoms with Crippen LogP contribution in [-0.2, 0) is 6.54 Å². The van der Waals surface area contributed by atoms with E-state index in [4.69, 9.17) is 25.5 Å². The van der Waals surface area contributed by atoms with Crippen molar-refractivity contribution in [3.8, 4) is 11.5 Å². The Balaban J connectivity index is 1.62. The van der Waals surface area contributed by atoms with Gasteiger partial charge in [0.1, 0.15) is 5.58 Å². The summed E-state index contributed by atoms with van der Waals surface area (Å²) in [5, 5.41) is 1.05. The molecule has 0 saturated heterocycles. The lowest BCUT2D eigenvalue weighted by Gasteiger charge is -2.26. The minimum absolute atomic E-state index is 0.0684. The smallest absolute Gasteiger partial charge is 0.291 e. The highest BCUT2D eigenvalue weighted by atomic mass is 35.5. The molecule has 0 saturated carbocycles. The topological polar surface area (TPSA) is 69.0 Å². The van der Waals surface area contributed by atoms with Gasteiger partial charge in [-0.1, -0.05) is 55.8 Å². The van der Waals surface area contributed by atoms with Crippen molar-refractivity contribution < 1.29 is 18.7 Å². The average molecular weight is 518 g/mol. The Kier molecular flexibility index (Phi) is 6.94. The Morgan fingerprint density at radius 3 is 2.49 bits per heavy atom. The molecule has 1 amide bonds. The van der Waals surface area contributed by atoms with Crippen molar-refractivity contribution in [2.45, 2.75) is 32.9 Å². The molecule has 3 aromatic carbocycles. The lowest BCUT2D eigenvalue weighted by atomic mass is 9.97. The second kappa shape index (κ2) is 10.3. The first-order valence-electron chi connectivity index (χ1n) is 12.3. The first-order chi connectivity index (χ1) is 17.9. The zero-order valence-corrected chi connectivity index (χ0v) is 21.7. The molecule has 1 aromatic heterocycles. The van der Waals surface area contributed by atoms with E-state index in [1.54, 1.807) is 48.4 Å². The van der Waals surface area contributed by atoms with E-state index in [9.17, 15) is 9.59 Å². The zero-order valence-electron chi connectivity index (χ0n) is 21.0. The molecule has 0 fully saturated rings. The van der Waals surface area contributed by atoms with E-state index in [2.05, 4.69) is 13.8 Å². The van der Waals surface area contributed by atoms with Crippen molar-refractivity contribution in [3.63, 3.8) is 0 Å². The molecular formula is C30H28ClNO5. The number of carbonyl (C=O) groups is 1. The van der Waals surface area contributed by atoms with Crippen molar-refractivity contribution in [1.82, 2.24) is 4.90 Å². The molecule has 0 bridgehead atoms. The first-order valence-corrected chi connectivity index (χ1v) is 12.7. The van der Waals surface area contributed by atoms with E-state index < -0.39 is 6.04 Å². The molecule has 0 radical (unpaired) electrons. The Morgan fingerprint density at radius 1 is 1.00 bits per heavy atom. The van der Waals surface area contributed by atoms with Crippen LogP contribution in [-0.4, -0.2) is 24.5 Å². The molecule has 0 N–H and O–H groups in total. The van der Waals surface area contributed by atoms with Gasteiger partial charge in [0.25, 0.3) is 5.91 Å². The fraction of sp³-hybridized carbons (Fsp3) is 0.267. The number of halogens is 1. The molecule has 2 heterocycles. The van der Waals surface area contributed by atoms with Gasteiger partial charge in [0.05, 0.1) is 30.7 Å². The molecule has 1 aliphatic heterocycles. The van der Waals surface area contributed by atoms with Crippen LogP contribution in [0.15, 0.2) is 75.9 Å². The summed E-state index contributed by atoms with van der Waals surface area (Å²) in [6, 6.07) is 19.2. The maximum absolute atomic E-state index is 13.7. The van der Waals surface area contributed by atoms with Gasteiger partial charge < -0.3 is 18.8 Å². The second-order valence-electron chi connectivity index (χ2n) is 9.57. The number of hydrogen-bond donors (Lipinski definition) is 0. The van der Waals surface area contributed by atoms with Gasteiger partial charge in [-0.15, -0.1) is 0 Å². The number of amides is 1. The van der Waals surface area contributed by atoms with Crippen molar-refractivity contribution in [2.24, 2.45) is 5.92 Å². The molecule has 4 aromatic rings. The van der Waals surface area contributed by atoms with Crippen LogP contribution >= 0.6 is 11.6 Å². The summed E-state index contributed by atoms with van der Waals surface area (Å²) in [6.07, 6.45) is 0.915. The summed E-state index contributed by atoms with van der Waals surface area (Å²) >= 11 is 6.07. The number of carbonyl (C=O) groups excluding carboxylic acids is 1. The minimum atomic E-state index is -0.655. The Morgan fingerprint density at radius 2 is 1.76 bits per heavy atom. The van der Waals surface area contributed by atoms with Crippen molar-refractivity contribution in [1.29, 1.82) is 0 Å². The quantitative estimate of drug-likeness (QED) is 0.262. The molecule has 7 heteroatoms. The normalized spacial score (nSPS) is 14.9. The molecule has 0 spiro atoms. The van der Waals surface area contributed by atoms with Crippen LogP contribution in [0.3, 0.4) is 0 Å². The van der Waals surface area contributed by atoms with Crippen LogP contribution in [0.1, 0.15) is 53.6 Å². The molecule has 0 aliphatic carbocycles. The lowest BCUT2D eigenvalue weighted by Crippen LogP contribution is -2.29. The van der Waals surface area contributed by atoms with E-state index in [1.807, 2.05) is 30.3 Å². The summed E-state index contributed by atoms with van der Waals surface area (Å²) in [6.45, 7) is 5.12. The molecule has 1 atom stereocenters. The number of rotatable bonds is 8. The largest absolute Gasteiger partial charge is 0.493 e. The van der Waals surface area contributed by atoms with E-state index in [1.165, 1.54) is 0 Å². The van der Waals surface area contributed by atoms with Crippen LogP contribution in [0.25, 0.3) is 11.0 Å². The van der Waals surface area contributed by atoms with Gasteiger partial charge >= 0.3 is 0 Å². The van der Waals surface area contributed by atoms with Gasteiger partial charge in [0.2, 0.25) is 5.76 Å². The predicted molar refractivity (Wildman–Crippen MR) is 144 cm³/mol. The fourth-order valence-electron chi connectivity index (χ4n) is 4.64. The first kappa shape index (κ1) is 24.9. The van der Waals surface area contributed by atoms with Gasteiger partial charge in [-0.25, -0.2) is 0 Å². The number of benzene rings is 3. The van der Waals surface area contributed by atoms with Crippen LogP contribution in [0.5, 0.6) is 11.5 Å². The van der Waals surface area contributed by atoms with Crippen LogP contribution in [0.4, 0.5) is 0 Å². The lowest BCUT2D eigenvalue weighted by molar-refractivity contribution is 0.0714. The average Bonchev–Trinajstić information content (AvgIpc) is 3.17. The molecule has 5 rings (SSSR count). The predicted octanol–water partition coefficient (Wildman–Crippen LogP) is 6.63. The van der Waals surface area contributed by atoms with E-state index in [-0.39, 0.29) is 23.6 Å². The fourth-order valence-corrected chi connectivity index (χ4v) is 4.77.